The van der Waals surface area contributed by atoms with Crippen LogP contribution in [-0.2, 0) is 9.53 Å². The van der Waals surface area contributed by atoms with Gasteiger partial charge in [-0.3, -0.25) is 9.69 Å². The Morgan fingerprint density at radius 2 is 2.00 bits per heavy atom. The van der Waals surface area contributed by atoms with E-state index in [9.17, 15) is 9.59 Å². The molecular formula is C13H22N2O3. The minimum atomic E-state index is -0.385. The molecule has 1 amide bonds. The van der Waals surface area contributed by atoms with Crippen LogP contribution in [0.25, 0.3) is 0 Å². The highest BCUT2D eigenvalue weighted by Crippen LogP contribution is 2.26. The summed E-state index contributed by atoms with van der Waals surface area (Å²) < 4.78 is 4.57. The van der Waals surface area contributed by atoms with Crippen molar-refractivity contribution in [3.8, 4) is 0 Å². The van der Waals surface area contributed by atoms with Crippen LogP contribution in [0.2, 0.25) is 0 Å². The molecule has 5 heteroatoms. The molecule has 0 aromatic carbocycles. The molecule has 1 aliphatic carbocycles. The average Bonchev–Trinajstić information content (AvgIpc) is 3.00. The maximum absolute atomic E-state index is 12.0. The topological polar surface area (TPSA) is 58.6 Å². The van der Waals surface area contributed by atoms with E-state index in [2.05, 4.69) is 15.0 Å². The lowest BCUT2D eigenvalue weighted by Gasteiger charge is -2.17. The van der Waals surface area contributed by atoms with E-state index in [-0.39, 0.29) is 18.1 Å². The quantitative estimate of drug-likeness (QED) is 0.818. The second-order valence-corrected chi connectivity index (χ2v) is 5.30. The molecule has 2 rings (SSSR count). The van der Waals surface area contributed by atoms with Crippen molar-refractivity contribution in [1.82, 2.24) is 10.2 Å². The number of ether oxygens (including phenoxy) is 1. The Morgan fingerprint density at radius 3 is 2.67 bits per heavy atom. The lowest BCUT2D eigenvalue weighted by molar-refractivity contribution is -0.123. The van der Waals surface area contributed by atoms with Crippen molar-refractivity contribution in [1.29, 1.82) is 0 Å². The summed E-state index contributed by atoms with van der Waals surface area (Å²) in [5, 5.41) is 2.79. The maximum atomic E-state index is 12.0. The van der Waals surface area contributed by atoms with Crippen molar-refractivity contribution in [2.45, 2.75) is 38.1 Å². The molecule has 1 N–H and O–H groups in total. The first-order valence-electron chi connectivity index (χ1n) is 6.78. The number of alkyl carbamates (subject to hydrolysis) is 1. The van der Waals surface area contributed by atoms with Crippen molar-refractivity contribution in [2.75, 3.05) is 26.7 Å². The van der Waals surface area contributed by atoms with E-state index in [4.69, 9.17) is 0 Å². The first-order valence-corrected chi connectivity index (χ1v) is 6.78. The summed E-state index contributed by atoms with van der Waals surface area (Å²) in [7, 11) is 1.37. The number of nitrogens with zero attached hydrogens (tertiary/aromatic N) is 1. The number of hydrogen-bond donors (Lipinski definition) is 1. The third kappa shape index (κ3) is 3.45. The number of carbonyl (C=O) groups is 2. The number of ketones is 1. The number of carbonyl (C=O) groups excluding carboxylic acids is 2. The molecule has 0 aromatic rings. The van der Waals surface area contributed by atoms with Crippen LogP contribution in [0.1, 0.15) is 32.1 Å². The molecule has 102 valence electrons. The van der Waals surface area contributed by atoms with Crippen LogP contribution in [0, 0.1) is 5.92 Å². The highest BCUT2D eigenvalue weighted by atomic mass is 16.5. The van der Waals surface area contributed by atoms with Crippen LogP contribution in [0.15, 0.2) is 0 Å². The molecule has 1 saturated heterocycles. The summed E-state index contributed by atoms with van der Waals surface area (Å²) in [5.74, 6) is 0.670. The number of nitrogens with one attached hydrogen (secondary N) is 1. The van der Waals surface area contributed by atoms with E-state index in [0.29, 0.717) is 12.3 Å². The average molecular weight is 254 g/mol. The van der Waals surface area contributed by atoms with Crippen molar-refractivity contribution >= 4 is 11.9 Å². The molecule has 0 bridgehead atoms. The Bertz CT molecular complexity index is 313. The van der Waals surface area contributed by atoms with Gasteiger partial charge in [-0.1, -0.05) is 12.8 Å². The van der Waals surface area contributed by atoms with E-state index < -0.39 is 0 Å². The molecule has 0 radical (unpaired) electrons. The molecule has 1 heterocycles. The molecule has 5 nitrogen and oxygen atoms in total. The second kappa shape index (κ2) is 6.18. The number of hydrogen-bond acceptors (Lipinski definition) is 4. The Hall–Kier alpha value is -1.10. The van der Waals surface area contributed by atoms with Gasteiger partial charge in [-0.05, 0) is 19.3 Å². The number of methoxy groups -OCH3 is 1. The zero-order valence-corrected chi connectivity index (χ0v) is 11.0. The molecule has 2 fully saturated rings. The Morgan fingerprint density at radius 1 is 1.28 bits per heavy atom. The molecule has 1 unspecified atom stereocenters. The summed E-state index contributed by atoms with van der Waals surface area (Å²) in [6.45, 7) is 2.19. The van der Waals surface area contributed by atoms with Crippen molar-refractivity contribution in [3.63, 3.8) is 0 Å². The fourth-order valence-electron chi connectivity index (χ4n) is 2.92. The van der Waals surface area contributed by atoms with E-state index in [1.807, 2.05) is 0 Å². The number of likely N-dealkylation sites (tertiary alicyclic amines) is 1. The summed E-state index contributed by atoms with van der Waals surface area (Å²) in [6.07, 6.45) is 5.04. The summed E-state index contributed by atoms with van der Waals surface area (Å²) in [6, 6.07) is 0.119. The van der Waals surface area contributed by atoms with Crippen molar-refractivity contribution in [3.05, 3.63) is 0 Å². The zero-order valence-electron chi connectivity index (χ0n) is 11.0. The van der Waals surface area contributed by atoms with E-state index in [0.717, 1.165) is 32.4 Å². The van der Waals surface area contributed by atoms with Gasteiger partial charge in [-0.15, -0.1) is 0 Å². The van der Waals surface area contributed by atoms with Crippen LogP contribution >= 0.6 is 0 Å². The van der Waals surface area contributed by atoms with Crippen molar-refractivity contribution < 1.29 is 14.3 Å². The highest BCUT2D eigenvalue weighted by molar-refractivity contribution is 5.83. The van der Waals surface area contributed by atoms with Gasteiger partial charge < -0.3 is 10.1 Å². The lowest BCUT2D eigenvalue weighted by atomic mass is 10.0. The van der Waals surface area contributed by atoms with Crippen LogP contribution in [0.5, 0.6) is 0 Å². The van der Waals surface area contributed by atoms with Crippen LogP contribution in [0.3, 0.4) is 0 Å². The van der Waals surface area contributed by atoms with Gasteiger partial charge in [-0.25, -0.2) is 4.79 Å². The normalized spacial score (nSPS) is 25.3. The zero-order chi connectivity index (χ0) is 13.0. The monoisotopic (exact) mass is 254 g/mol. The van der Waals surface area contributed by atoms with Gasteiger partial charge in [-0.2, -0.15) is 0 Å². The first-order chi connectivity index (χ1) is 8.69. The third-order valence-corrected chi connectivity index (χ3v) is 3.97. The predicted molar refractivity (Wildman–Crippen MR) is 67.4 cm³/mol. The van der Waals surface area contributed by atoms with Gasteiger partial charge in [0.2, 0.25) is 0 Å². The molecule has 0 aromatic heterocycles. The standard InChI is InChI=1S/C13H22N2O3/c1-18-13(17)14-11-6-7-15(8-11)9-12(16)10-4-2-3-5-10/h10-11H,2-9H2,1H3,(H,14,17). The van der Waals surface area contributed by atoms with Crippen molar-refractivity contribution in [2.24, 2.45) is 5.92 Å². The van der Waals surface area contributed by atoms with Crippen LogP contribution in [0.4, 0.5) is 4.79 Å². The highest BCUT2D eigenvalue weighted by Gasteiger charge is 2.29. The lowest BCUT2D eigenvalue weighted by Crippen LogP contribution is -2.38. The van der Waals surface area contributed by atoms with Gasteiger partial charge in [0.25, 0.3) is 0 Å². The summed E-state index contributed by atoms with van der Waals surface area (Å²) in [5.41, 5.74) is 0. The van der Waals surface area contributed by atoms with Gasteiger partial charge in [0, 0.05) is 25.0 Å². The fourth-order valence-corrected chi connectivity index (χ4v) is 2.92. The third-order valence-electron chi connectivity index (χ3n) is 3.97. The molecular weight excluding hydrogens is 232 g/mol. The molecule has 1 saturated carbocycles. The van der Waals surface area contributed by atoms with Crippen LogP contribution < -0.4 is 5.32 Å². The second-order valence-electron chi connectivity index (χ2n) is 5.30. The van der Waals surface area contributed by atoms with Gasteiger partial charge in [0.1, 0.15) is 5.78 Å². The van der Waals surface area contributed by atoms with Gasteiger partial charge >= 0.3 is 6.09 Å². The van der Waals surface area contributed by atoms with Gasteiger partial charge in [0.05, 0.1) is 13.7 Å². The van der Waals surface area contributed by atoms with Crippen LogP contribution in [-0.4, -0.2) is 49.6 Å². The first kappa shape index (κ1) is 13.3. The summed E-state index contributed by atoms with van der Waals surface area (Å²) in [4.78, 5) is 25.3. The molecule has 2 aliphatic rings. The Labute approximate surface area is 108 Å². The number of amides is 1. The Balaban J connectivity index is 1.72. The van der Waals surface area contributed by atoms with Gasteiger partial charge in [0.15, 0.2) is 0 Å². The van der Waals surface area contributed by atoms with E-state index in [1.54, 1.807) is 0 Å². The SMILES string of the molecule is COC(=O)NC1CCN(CC(=O)C2CCCC2)C1. The maximum Gasteiger partial charge on any atom is 0.407 e. The minimum absolute atomic E-state index is 0.119. The smallest absolute Gasteiger partial charge is 0.407 e. The number of rotatable bonds is 4. The predicted octanol–water partition coefficient (Wildman–Crippen LogP) is 1.18. The molecule has 1 aliphatic heterocycles. The minimum Gasteiger partial charge on any atom is -0.453 e. The largest absolute Gasteiger partial charge is 0.453 e. The molecule has 18 heavy (non-hydrogen) atoms. The molecule has 1 atom stereocenters. The molecule has 0 spiro atoms. The van der Waals surface area contributed by atoms with E-state index in [1.165, 1.54) is 20.0 Å². The Kier molecular flexibility index (Phi) is 4.58. The fraction of sp³-hybridized carbons (Fsp3) is 0.846. The number of Topliss-reactive ketones (excluding diaryl/α,β-unsaturated/α-hetero) is 1. The summed E-state index contributed by atoms with van der Waals surface area (Å²) >= 11 is 0. The van der Waals surface area contributed by atoms with E-state index >= 15 is 0 Å².